The van der Waals surface area contributed by atoms with Gasteiger partial charge in [-0.3, -0.25) is 4.98 Å². The van der Waals surface area contributed by atoms with Crippen LogP contribution >= 0.6 is 0 Å². The molecule has 0 aromatic carbocycles. The molecule has 1 rings (SSSR count). The topological polar surface area (TPSA) is 12.9 Å². The van der Waals surface area contributed by atoms with Gasteiger partial charge in [0, 0.05) is 6.20 Å². The maximum atomic E-state index is 12.2. The highest BCUT2D eigenvalue weighted by Crippen LogP contribution is 2.05. The van der Waals surface area contributed by atoms with Gasteiger partial charge in [-0.25, -0.2) is 8.78 Å². The standard InChI is InChI=1S/C6H4F2N/c1-4-6(8)5(7)2-3-9-4/h2-3H,1H2. The van der Waals surface area contributed by atoms with E-state index in [0.29, 0.717) is 0 Å². The van der Waals surface area contributed by atoms with Crippen LogP contribution in [-0.2, 0) is 0 Å². The van der Waals surface area contributed by atoms with Crippen molar-refractivity contribution in [1.29, 1.82) is 0 Å². The molecule has 0 fully saturated rings. The minimum Gasteiger partial charge on any atom is -0.258 e. The van der Waals surface area contributed by atoms with Crippen molar-refractivity contribution in [3.63, 3.8) is 0 Å². The number of rotatable bonds is 0. The highest BCUT2D eigenvalue weighted by molar-refractivity contribution is 5.11. The van der Waals surface area contributed by atoms with Crippen LogP contribution in [0.5, 0.6) is 0 Å². The van der Waals surface area contributed by atoms with Gasteiger partial charge in [0.05, 0.1) is 5.69 Å². The summed E-state index contributed by atoms with van der Waals surface area (Å²) in [5.74, 6) is -1.88. The molecule has 1 heterocycles. The van der Waals surface area contributed by atoms with Gasteiger partial charge in [0.1, 0.15) is 0 Å². The molecule has 0 atom stereocenters. The number of halogens is 2. The fourth-order valence-corrected chi connectivity index (χ4v) is 0.460. The summed E-state index contributed by atoms with van der Waals surface area (Å²) in [6.45, 7) is 3.15. The van der Waals surface area contributed by atoms with Gasteiger partial charge in [0.25, 0.3) is 0 Å². The van der Waals surface area contributed by atoms with Crippen LogP contribution < -0.4 is 0 Å². The van der Waals surface area contributed by atoms with E-state index in [1.54, 1.807) is 0 Å². The molecule has 0 spiro atoms. The molecule has 1 radical (unpaired) electrons. The van der Waals surface area contributed by atoms with E-state index in [1.165, 1.54) is 6.20 Å². The van der Waals surface area contributed by atoms with E-state index in [4.69, 9.17) is 0 Å². The van der Waals surface area contributed by atoms with Gasteiger partial charge in [-0.05, 0) is 13.0 Å². The molecular weight excluding hydrogens is 124 g/mol. The first-order chi connectivity index (χ1) is 4.22. The van der Waals surface area contributed by atoms with Gasteiger partial charge in [-0.15, -0.1) is 0 Å². The summed E-state index contributed by atoms with van der Waals surface area (Å²) in [6, 6.07) is 0.948. The molecule has 0 amide bonds. The molecule has 1 aromatic heterocycles. The fourth-order valence-electron chi connectivity index (χ4n) is 0.460. The monoisotopic (exact) mass is 128 g/mol. The van der Waals surface area contributed by atoms with Crippen molar-refractivity contribution in [3.8, 4) is 0 Å². The van der Waals surface area contributed by atoms with Crippen LogP contribution in [0.2, 0.25) is 0 Å². The molecule has 0 aliphatic heterocycles. The molecule has 1 aromatic rings. The molecule has 1 nitrogen and oxygen atoms in total. The SMILES string of the molecule is [CH2]c1nccc(F)c1F. The third-order valence-electron chi connectivity index (χ3n) is 0.914. The second-order valence-electron chi connectivity index (χ2n) is 1.55. The second kappa shape index (κ2) is 2.09. The van der Waals surface area contributed by atoms with E-state index < -0.39 is 11.6 Å². The summed E-state index contributed by atoms with van der Waals surface area (Å²) in [5, 5.41) is 0. The second-order valence-corrected chi connectivity index (χ2v) is 1.55. The molecule has 9 heavy (non-hydrogen) atoms. The molecule has 0 saturated heterocycles. The van der Waals surface area contributed by atoms with Crippen molar-refractivity contribution in [3.05, 3.63) is 36.5 Å². The molecule has 47 valence electrons. The molecule has 0 N–H and O–H groups in total. The summed E-state index contributed by atoms with van der Waals surface area (Å²) in [5.41, 5.74) is -0.157. The van der Waals surface area contributed by atoms with Gasteiger partial charge >= 0.3 is 0 Å². The predicted molar refractivity (Wildman–Crippen MR) is 28.6 cm³/mol. The lowest BCUT2D eigenvalue weighted by Gasteiger charge is -1.92. The summed E-state index contributed by atoms with van der Waals surface area (Å²) in [7, 11) is 0. The zero-order valence-electron chi connectivity index (χ0n) is 4.56. The lowest BCUT2D eigenvalue weighted by Crippen LogP contribution is -1.90. The third-order valence-corrected chi connectivity index (χ3v) is 0.914. The Labute approximate surface area is 51.3 Å². The van der Waals surface area contributed by atoms with E-state index in [1.807, 2.05) is 0 Å². The van der Waals surface area contributed by atoms with Crippen LogP contribution in [0.4, 0.5) is 8.78 Å². The number of pyridine rings is 1. The van der Waals surface area contributed by atoms with Gasteiger partial charge in [-0.2, -0.15) is 0 Å². The van der Waals surface area contributed by atoms with Crippen molar-refractivity contribution < 1.29 is 8.78 Å². The lowest BCUT2D eigenvalue weighted by molar-refractivity contribution is 0.500. The number of hydrogen-bond acceptors (Lipinski definition) is 1. The highest BCUT2D eigenvalue weighted by Gasteiger charge is 2.02. The average molecular weight is 128 g/mol. The summed E-state index contributed by atoms with van der Waals surface area (Å²) in [4.78, 5) is 3.41. The molecule has 0 aliphatic rings. The Morgan fingerprint density at radius 1 is 1.44 bits per heavy atom. The Morgan fingerprint density at radius 2 is 2.11 bits per heavy atom. The Kier molecular flexibility index (Phi) is 1.42. The van der Waals surface area contributed by atoms with Gasteiger partial charge < -0.3 is 0 Å². The van der Waals surface area contributed by atoms with E-state index in [0.717, 1.165) is 6.07 Å². The lowest BCUT2D eigenvalue weighted by atomic mass is 10.3. The van der Waals surface area contributed by atoms with Crippen molar-refractivity contribution >= 4 is 0 Å². The predicted octanol–water partition coefficient (Wildman–Crippen LogP) is 1.54. The Bertz CT molecular complexity index is 202. The zero-order chi connectivity index (χ0) is 6.85. The quantitative estimate of drug-likeness (QED) is 0.516. The molecule has 0 unspecified atom stereocenters. The first kappa shape index (κ1) is 6.13. The number of nitrogens with zero attached hydrogens (tertiary/aromatic N) is 1. The van der Waals surface area contributed by atoms with Gasteiger partial charge in [-0.1, -0.05) is 0 Å². The van der Waals surface area contributed by atoms with E-state index >= 15 is 0 Å². The van der Waals surface area contributed by atoms with E-state index in [-0.39, 0.29) is 5.69 Å². The van der Waals surface area contributed by atoms with Crippen molar-refractivity contribution in [2.24, 2.45) is 0 Å². The van der Waals surface area contributed by atoms with Gasteiger partial charge in [0.2, 0.25) is 0 Å². The Hall–Kier alpha value is -0.990. The zero-order valence-corrected chi connectivity index (χ0v) is 4.56. The molecule has 0 saturated carbocycles. The minimum absolute atomic E-state index is 0.157. The Morgan fingerprint density at radius 3 is 2.56 bits per heavy atom. The summed E-state index contributed by atoms with van der Waals surface area (Å²) in [6.07, 6.45) is 1.17. The Balaban J connectivity index is 3.25. The van der Waals surface area contributed by atoms with Crippen LogP contribution in [0.3, 0.4) is 0 Å². The minimum atomic E-state index is -0.975. The maximum Gasteiger partial charge on any atom is 0.180 e. The van der Waals surface area contributed by atoms with Crippen LogP contribution in [0.15, 0.2) is 12.3 Å². The normalized spacial score (nSPS) is 9.67. The maximum absolute atomic E-state index is 12.2. The number of hydrogen-bond donors (Lipinski definition) is 0. The molecule has 3 heteroatoms. The molecule has 0 aliphatic carbocycles. The summed E-state index contributed by atoms with van der Waals surface area (Å²) >= 11 is 0. The largest absolute Gasteiger partial charge is 0.258 e. The molecule has 0 bridgehead atoms. The van der Waals surface area contributed by atoms with E-state index in [2.05, 4.69) is 11.9 Å². The van der Waals surface area contributed by atoms with Crippen LogP contribution in [0.1, 0.15) is 5.69 Å². The van der Waals surface area contributed by atoms with Crippen molar-refractivity contribution in [1.82, 2.24) is 4.98 Å². The molecular formula is C6H4F2N. The number of aromatic nitrogens is 1. The van der Waals surface area contributed by atoms with Crippen LogP contribution in [0.25, 0.3) is 0 Å². The van der Waals surface area contributed by atoms with Crippen molar-refractivity contribution in [2.45, 2.75) is 0 Å². The summed E-state index contributed by atoms with van der Waals surface area (Å²) < 4.78 is 24.4. The van der Waals surface area contributed by atoms with Crippen LogP contribution in [0, 0.1) is 18.6 Å². The third kappa shape index (κ3) is 1.04. The van der Waals surface area contributed by atoms with Crippen LogP contribution in [-0.4, -0.2) is 4.98 Å². The first-order valence-electron chi connectivity index (χ1n) is 2.34. The average Bonchev–Trinajstić information content (AvgIpc) is 1.83. The van der Waals surface area contributed by atoms with E-state index in [9.17, 15) is 8.78 Å². The highest BCUT2D eigenvalue weighted by atomic mass is 19.2. The fraction of sp³-hybridized carbons (Fsp3) is 0. The van der Waals surface area contributed by atoms with Gasteiger partial charge in [0.15, 0.2) is 11.6 Å². The first-order valence-corrected chi connectivity index (χ1v) is 2.34. The smallest absolute Gasteiger partial charge is 0.180 e. The van der Waals surface area contributed by atoms with Crippen molar-refractivity contribution in [2.75, 3.05) is 0 Å².